The standard InChI is InChI=1S/C19H19BN2O5/c23-16(7-15-5-12-8-21-9-13(12)10-22-15)6-14-4-11-2-1-3-17(19(24)25)18(11)27-20(14)26/h1-3,5,10,14,21,26H,4,6-9H2,(H,24,25)/t14-/m1/s1. The lowest BCUT2D eigenvalue weighted by Gasteiger charge is -2.28. The number of pyridine rings is 1. The van der Waals surface area contributed by atoms with Crippen LogP contribution in [0, 0.1) is 0 Å². The van der Waals surface area contributed by atoms with Crippen molar-refractivity contribution in [3.05, 3.63) is 58.4 Å². The highest BCUT2D eigenvalue weighted by Gasteiger charge is 2.37. The largest absolute Gasteiger partial charge is 0.535 e. The molecule has 0 amide bonds. The first-order valence-corrected chi connectivity index (χ1v) is 8.90. The molecule has 1 aromatic heterocycles. The minimum atomic E-state index is -1.21. The van der Waals surface area contributed by atoms with Crippen LogP contribution in [0.4, 0.5) is 0 Å². The van der Waals surface area contributed by atoms with Gasteiger partial charge in [0, 0.05) is 43.6 Å². The second-order valence-electron chi connectivity index (χ2n) is 7.04. The molecule has 0 radical (unpaired) electrons. The minimum absolute atomic E-state index is 0.0206. The molecule has 138 valence electrons. The van der Waals surface area contributed by atoms with Gasteiger partial charge in [-0.05, 0) is 35.2 Å². The molecule has 3 heterocycles. The number of para-hydroxylation sites is 1. The van der Waals surface area contributed by atoms with E-state index in [0.717, 1.165) is 24.3 Å². The van der Waals surface area contributed by atoms with Gasteiger partial charge in [-0.25, -0.2) is 4.79 Å². The number of fused-ring (bicyclic) bond motifs is 2. The van der Waals surface area contributed by atoms with E-state index in [2.05, 4.69) is 10.3 Å². The van der Waals surface area contributed by atoms with Crippen molar-refractivity contribution in [1.29, 1.82) is 0 Å². The number of carbonyl (C=O) groups excluding carboxylic acids is 1. The van der Waals surface area contributed by atoms with E-state index < -0.39 is 18.9 Å². The number of aromatic carboxylic acids is 1. The van der Waals surface area contributed by atoms with E-state index in [1.165, 1.54) is 11.6 Å². The van der Waals surface area contributed by atoms with E-state index >= 15 is 0 Å². The molecule has 2 aliphatic heterocycles. The monoisotopic (exact) mass is 366 g/mol. The fourth-order valence-electron chi connectivity index (χ4n) is 3.72. The Balaban J connectivity index is 1.44. The average molecular weight is 366 g/mol. The zero-order chi connectivity index (χ0) is 19.0. The van der Waals surface area contributed by atoms with Gasteiger partial charge in [0.25, 0.3) is 0 Å². The Morgan fingerprint density at radius 1 is 1.26 bits per heavy atom. The van der Waals surface area contributed by atoms with Crippen LogP contribution < -0.4 is 9.97 Å². The molecule has 0 saturated carbocycles. The number of rotatable bonds is 5. The zero-order valence-electron chi connectivity index (χ0n) is 14.6. The third-order valence-corrected chi connectivity index (χ3v) is 5.09. The normalized spacial score (nSPS) is 17.8. The van der Waals surface area contributed by atoms with E-state index in [-0.39, 0.29) is 29.9 Å². The summed E-state index contributed by atoms with van der Waals surface area (Å²) in [5.74, 6) is -1.36. The highest BCUT2D eigenvalue weighted by molar-refractivity contribution is 6.47. The number of carboxylic acids is 1. The fourth-order valence-corrected chi connectivity index (χ4v) is 3.72. The van der Waals surface area contributed by atoms with Crippen LogP contribution in [0.3, 0.4) is 0 Å². The Labute approximate surface area is 156 Å². The number of aromatic nitrogens is 1. The Kier molecular flexibility index (Phi) is 4.67. The van der Waals surface area contributed by atoms with Crippen molar-refractivity contribution < 1.29 is 24.4 Å². The topological polar surface area (TPSA) is 109 Å². The highest BCUT2D eigenvalue weighted by Crippen LogP contribution is 2.36. The summed E-state index contributed by atoms with van der Waals surface area (Å²) in [6, 6.07) is 6.80. The molecule has 3 N–H and O–H groups in total. The van der Waals surface area contributed by atoms with Gasteiger partial charge in [0.2, 0.25) is 0 Å². The van der Waals surface area contributed by atoms with Crippen LogP contribution in [0.15, 0.2) is 30.5 Å². The van der Waals surface area contributed by atoms with Crippen LogP contribution in [0.25, 0.3) is 0 Å². The number of nitrogens with zero attached hydrogens (tertiary/aromatic N) is 1. The van der Waals surface area contributed by atoms with Gasteiger partial charge in [0.05, 0.1) is 5.56 Å². The number of Topliss-reactive ketones (excluding diaryl/α,β-unsaturated/α-hetero) is 1. The molecule has 4 rings (SSSR count). The van der Waals surface area contributed by atoms with E-state index in [9.17, 15) is 19.7 Å². The number of carbonyl (C=O) groups is 2. The van der Waals surface area contributed by atoms with Gasteiger partial charge >= 0.3 is 13.1 Å². The first-order valence-electron chi connectivity index (χ1n) is 8.90. The molecule has 0 aliphatic carbocycles. The van der Waals surface area contributed by atoms with Crippen LogP contribution in [-0.2, 0) is 30.7 Å². The summed E-state index contributed by atoms with van der Waals surface area (Å²) in [7, 11) is -1.21. The lowest BCUT2D eigenvalue weighted by molar-refractivity contribution is -0.118. The van der Waals surface area contributed by atoms with Crippen molar-refractivity contribution in [3.63, 3.8) is 0 Å². The van der Waals surface area contributed by atoms with Gasteiger partial charge in [-0.1, -0.05) is 12.1 Å². The molecular weight excluding hydrogens is 347 g/mol. The molecule has 0 bridgehead atoms. The Hall–Kier alpha value is -2.71. The summed E-state index contributed by atoms with van der Waals surface area (Å²) in [6.07, 6.45) is 2.55. The van der Waals surface area contributed by atoms with Crippen molar-refractivity contribution in [3.8, 4) is 5.75 Å². The third kappa shape index (κ3) is 3.58. The Morgan fingerprint density at radius 3 is 2.89 bits per heavy atom. The summed E-state index contributed by atoms with van der Waals surface area (Å²) < 4.78 is 5.45. The van der Waals surface area contributed by atoms with Crippen LogP contribution in [0.2, 0.25) is 5.82 Å². The van der Waals surface area contributed by atoms with Gasteiger partial charge in [0.1, 0.15) is 11.5 Å². The number of nitrogens with one attached hydrogen (secondary N) is 1. The maximum atomic E-state index is 12.5. The molecule has 2 aromatic rings. The predicted octanol–water partition coefficient (Wildman–Crippen LogP) is 1.37. The molecule has 0 spiro atoms. The molecule has 1 aromatic carbocycles. The molecule has 2 aliphatic rings. The highest BCUT2D eigenvalue weighted by atomic mass is 16.5. The average Bonchev–Trinajstić information content (AvgIpc) is 3.09. The lowest BCUT2D eigenvalue weighted by Crippen LogP contribution is -2.36. The molecular formula is C19H19BN2O5. The van der Waals surface area contributed by atoms with E-state index in [1.54, 1.807) is 18.3 Å². The Bertz CT molecular complexity index is 917. The van der Waals surface area contributed by atoms with Crippen LogP contribution in [-0.4, -0.2) is 34.0 Å². The summed E-state index contributed by atoms with van der Waals surface area (Å²) in [5, 5.41) is 22.8. The summed E-state index contributed by atoms with van der Waals surface area (Å²) in [4.78, 5) is 28.1. The third-order valence-electron chi connectivity index (χ3n) is 5.09. The van der Waals surface area contributed by atoms with Gasteiger partial charge in [-0.3, -0.25) is 9.78 Å². The van der Waals surface area contributed by atoms with Gasteiger partial charge < -0.3 is 20.1 Å². The number of carboxylic acid groups (broad SMARTS) is 1. The first kappa shape index (κ1) is 17.7. The van der Waals surface area contributed by atoms with E-state index in [0.29, 0.717) is 12.0 Å². The maximum Gasteiger partial charge on any atom is 0.526 e. The van der Waals surface area contributed by atoms with Crippen LogP contribution in [0.5, 0.6) is 5.75 Å². The first-order chi connectivity index (χ1) is 13.0. The van der Waals surface area contributed by atoms with E-state index in [1.807, 2.05) is 6.07 Å². The van der Waals surface area contributed by atoms with E-state index in [4.69, 9.17) is 4.65 Å². The van der Waals surface area contributed by atoms with Gasteiger partial charge in [-0.15, -0.1) is 0 Å². The van der Waals surface area contributed by atoms with Crippen LogP contribution >= 0.6 is 0 Å². The molecule has 7 nitrogen and oxygen atoms in total. The fraction of sp³-hybridized carbons (Fsp3) is 0.316. The summed E-state index contributed by atoms with van der Waals surface area (Å²) in [5.41, 5.74) is 3.77. The number of hydrogen-bond donors (Lipinski definition) is 3. The number of hydrogen-bond acceptors (Lipinski definition) is 6. The predicted molar refractivity (Wildman–Crippen MR) is 97.6 cm³/mol. The molecule has 0 fully saturated rings. The van der Waals surface area contributed by atoms with Crippen molar-refractivity contribution in [1.82, 2.24) is 10.3 Å². The minimum Gasteiger partial charge on any atom is -0.535 e. The SMILES string of the molecule is O=C(Cc1cc2c(cn1)CNC2)C[C@H]1Cc2cccc(C(=O)O)c2OB1O. The summed E-state index contributed by atoms with van der Waals surface area (Å²) in [6.45, 7) is 1.59. The number of ketones is 1. The van der Waals surface area contributed by atoms with Gasteiger partial charge in [0.15, 0.2) is 0 Å². The molecule has 1 atom stereocenters. The van der Waals surface area contributed by atoms with Gasteiger partial charge in [-0.2, -0.15) is 0 Å². The van der Waals surface area contributed by atoms with Crippen molar-refractivity contribution in [2.24, 2.45) is 0 Å². The van der Waals surface area contributed by atoms with Crippen molar-refractivity contribution >= 4 is 18.9 Å². The van der Waals surface area contributed by atoms with Crippen molar-refractivity contribution in [2.75, 3.05) is 0 Å². The van der Waals surface area contributed by atoms with Crippen molar-refractivity contribution in [2.45, 2.75) is 38.2 Å². The zero-order valence-corrected chi connectivity index (χ0v) is 14.6. The number of benzene rings is 1. The second kappa shape index (κ2) is 7.13. The molecule has 27 heavy (non-hydrogen) atoms. The second-order valence-corrected chi connectivity index (χ2v) is 7.04. The molecule has 0 unspecified atom stereocenters. The molecule has 8 heteroatoms. The smallest absolute Gasteiger partial charge is 0.526 e. The lowest BCUT2D eigenvalue weighted by atomic mass is 9.64. The van der Waals surface area contributed by atoms with Crippen LogP contribution in [0.1, 0.15) is 39.2 Å². The maximum absolute atomic E-state index is 12.5. The summed E-state index contributed by atoms with van der Waals surface area (Å²) >= 11 is 0. The quantitative estimate of drug-likeness (QED) is 0.686. The Morgan fingerprint density at radius 2 is 2.07 bits per heavy atom. The molecule has 0 saturated heterocycles.